The molecule has 6 heteroatoms. The third-order valence-corrected chi connectivity index (χ3v) is 8.37. The zero-order valence-corrected chi connectivity index (χ0v) is 22.3. The molecule has 4 aromatic rings. The summed E-state index contributed by atoms with van der Waals surface area (Å²) in [5.41, 5.74) is 4.86. The number of amides is 1. The van der Waals surface area contributed by atoms with E-state index in [9.17, 15) is 9.18 Å². The zero-order valence-electron chi connectivity index (χ0n) is 21.4. The Hall–Kier alpha value is -3.64. The second-order valence-corrected chi connectivity index (χ2v) is 11.2. The van der Waals surface area contributed by atoms with Gasteiger partial charge in [0, 0.05) is 35.2 Å². The smallest absolute Gasteiger partial charge is 0.267 e. The highest BCUT2D eigenvalue weighted by molar-refractivity contribution is 8.18. The van der Waals surface area contributed by atoms with Crippen molar-refractivity contribution in [3.05, 3.63) is 106 Å². The number of hydrogen-bond acceptors (Lipinski definition) is 3. The number of hydrogen-bond donors (Lipinski definition) is 0. The molecular weight excluding hydrogens is 493 g/mol. The van der Waals surface area contributed by atoms with E-state index < -0.39 is 0 Å². The predicted octanol–water partition coefficient (Wildman–Crippen LogP) is 8.07. The lowest BCUT2D eigenvalue weighted by Gasteiger charge is -2.30. The molecule has 0 radical (unpaired) electrons. The fourth-order valence-corrected chi connectivity index (χ4v) is 6.58. The minimum absolute atomic E-state index is 0.0347. The summed E-state index contributed by atoms with van der Waals surface area (Å²) in [6.45, 7) is 2.86. The molecule has 1 aromatic heterocycles. The van der Waals surface area contributed by atoms with Gasteiger partial charge in [-0.05, 0) is 61.4 Å². The number of aryl methyl sites for hydroxylation is 1. The molecule has 0 spiro atoms. The van der Waals surface area contributed by atoms with Crippen LogP contribution >= 0.6 is 11.8 Å². The van der Waals surface area contributed by atoms with Crippen molar-refractivity contribution in [2.24, 2.45) is 4.99 Å². The molecule has 0 unspecified atom stereocenters. The van der Waals surface area contributed by atoms with Gasteiger partial charge in [0.05, 0.1) is 4.91 Å². The van der Waals surface area contributed by atoms with Crippen LogP contribution in [0.5, 0.6) is 0 Å². The maximum Gasteiger partial charge on any atom is 0.267 e. The van der Waals surface area contributed by atoms with Crippen molar-refractivity contribution in [1.82, 2.24) is 9.47 Å². The van der Waals surface area contributed by atoms with Crippen LogP contribution in [0.2, 0.25) is 0 Å². The van der Waals surface area contributed by atoms with Crippen molar-refractivity contribution in [3.8, 4) is 0 Å². The third-order valence-electron chi connectivity index (χ3n) is 7.39. The normalized spacial score (nSPS) is 18.8. The van der Waals surface area contributed by atoms with Crippen LogP contribution in [0.3, 0.4) is 0 Å². The Labute approximate surface area is 226 Å². The lowest BCUT2D eigenvalue weighted by atomic mass is 9.94. The Bertz CT molecular complexity index is 1560. The minimum Gasteiger partial charge on any atom is -0.342 e. The van der Waals surface area contributed by atoms with Gasteiger partial charge in [-0.3, -0.25) is 9.69 Å². The number of para-hydroxylation sites is 2. The van der Waals surface area contributed by atoms with Gasteiger partial charge < -0.3 is 4.57 Å². The molecule has 1 saturated heterocycles. The summed E-state index contributed by atoms with van der Waals surface area (Å²) in [6.07, 6.45) is 9.40. The number of halogens is 1. The Morgan fingerprint density at radius 2 is 1.79 bits per heavy atom. The topological polar surface area (TPSA) is 37.6 Å². The first kappa shape index (κ1) is 24.7. The second kappa shape index (κ2) is 10.6. The Morgan fingerprint density at radius 1 is 1.00 bits per heavy atom. The summed E-state index contributed by atoms with van der Waals surface area (Å²) < 4.78 is 16.7. The number of aliphatic imine (C=N–C) groups is 1. The fourth-order valence-electron chi connectivity index (χ4n) is 5.54. The van der Waals surface area contributed by atoms with Crippen molar-refractivity contribution in [2.75, 3.05) is 0 Å². The van der Waals surface area contributed by atoms with Crippen molar-refractivity contribution in [3.63, 3.8) is 0 Å². The van der Waals surface area contributed by atoms with Crippen LogP contribution in [0.25, 0.3) is 17.0 Å². The van der Waals surface area contributed by atoms with E-state index >= 15 is 0 Å². The number of aromatic nitrogens is 1. The van der Waals surface area contributed by atoms with Gasteiger partial charge >= 0.3 is 0 Å². The van der Waals surface area contributed by atoms with Crippen molar-refractivity contribution in [1.29, 1.82) is 0 Å². The number of thioether (sulfide) groups is 1. The molecule has 6 rings (SSSR count). The molecule has 1 aliphatic carbocycles. The van der Waals surface area contributed by atoms with Gasteiger partial charge in [-0.1, -0.05) is 79.4 Å². The predicted molar refractivity (Wildman–Crippen MR) is 155 cm³/mol. The van der Waals surface area contributed by atoms with Crippen LogP contribution in [-0.4, -0.2) is 26.6 Å². The second-order valence-electron chi connectivity index (χ2n) is 10.1. The van der Waals surface area contributed by atoms with Crippen LogP contribution in [0.4, 0.5) is 10.1 Å². The summed E-state index contributed by atoms with van der Waals surface area (Å²) in [6, 6.07) is 23.4. The molecule has 38 heavy (non-hydrogen) atoms. The summed E-state index contributed by atoms with van der Waals surface area (Å²) in [7, 11) is 0. The van der Waals surface area contributed by atoms with Gasteiger partial charge in [0.2, 0.25) is 0 Å². The van der Waals surface area contributed by atoms with Crippen LogP contribution in [0, 0.1) is 12.7 Å². The van der Waals surface area contributed by atoms with Crippen molar-refractivity contribution >= 4 is 45.5 Å². The number of amidine groups is 1. The van der Waals surface area contributed by atoms with E-state index in [4.69, 9.17) is 0 Å². The fraction of sp³-hybridized carbons (Fsp3) is 0.250. The molecule has 1 saturated carbocycles. The van der Waals surface area contributed by atoms with E-state index in [-0.39, 0.29) is 23.5 Å². The summed E-state index contributed by atoms with van der Waals surface area (Å²) >= 11 is 1.35. The summed E-state index contributed by atoms with van der Waals surface area (Å²) in [5.74, 6) is -0.416. The first-order valence-corrected chi connectivity index (χ1v) is 14.1. The van der Waals surface area contributed by atoms with Crippen LogP contribution in [0.1, 0.15) is 48.8 Å². The molecule has 1 aliphatic heterocycles. The highest BCUT2D eigenvalue weighted by atomic mass is 32.2. The summed E-state index contributed by atoms with van der Waals surface area (Å²) in [4.78, 5) is 20.9. The Morgan fingerprint density at radius 3 is 2.61 bits per heavy atom. The van der Waals surface area contributed by atoms with Gasteiger partial charge in [0.1, 0.15) is 11.5 Å². The number of carbonyl (C=O) groups excluding carboxylic acids is 1. The van der Waals surface area contributed by atoms with Gasteiger partial charge in [0.25, 0.3) is 5.91 Å². The van der Waals surface area contributed by atoms with Crippen LogP contribution in [-0.2, 0) is 11.3 Å². The monoisotopic (exact) mass is 523 g/mol. The number of benzene rings is 3. The molecule has 0 bridgehead atoms. The van der Waals surface area contributed by atoms with Gasteiger partial charge in [-0.15, -0.1) is 0 Å². The average Bonchev–Trinajstić information content (AvgIpc) is 3.42. The van der Waals surface area contributed by atoms with E-state index in [1.165, 1.54) is 35.4 Å². The minimum atomic E-state index is -0.381. The van der Waals surface area contributed by atoms with E-state index in [1.54, 1.807) is 18.2 Å². The van der Waals surface area contributed by atoms with Crippen LogP contribution in [0.15, 0.2) is 88.9 Å². The van der Waals surface area contributed by atoms with Gasteiger partial charge in [-0.25, -0.2) is 9.38 Å². The highest BCUT2D eigenvalue weighted by Gasteiger charge is 2.39. The molecule has 2 fully saturated rings. The summed E-state index contributed by atoms with van der Waals surface area (Å²) in [5, 5.41) is 1.67. The zero-order chi connectivity index (χ0) is 26.1. The lowest BCUT2D eigenvalue weighted by Crippen LogP contribution is -2.40. The quantitative estimate of drug-likeness (QED) is 0.248. The lowest BCUT2D eigenvalue weighted by molar-refractivity contribution is -0.124. The number of carbonyl (C=O) groups is 1. The van der Waals surface area contributed by atoms with Gasteiger partial charge in [-0.2, -0.15) is 0 Å². The first-order chi connectivity index (χ1) is 18.6. The Balaban J connectivity index is 1.39. The van der Waals surface area contributed by atoms with Crippen molar-refractivity contribution < 1.29 is 9.18 Å². The molecule has 3 aromatic carbocycles. The largest absolute Gasteiger partial charge is 0.342 e. The molecular formula is C32H30FN3OS. The molecule has 4 nitrogen and oxygen atoms in total. The first-order valence-electron chi connectivity index (χ1n) is 13.3. The molecule has 2 aliphatic rings. The van der Waals surface area contributed by atoms with Crippen LogP contribution < -0.4 is 0 Å². The SMILES string of the molecule is Cc1cccc(Cn2cc(/C=C3\SC(=Nc4ccccc4F)N(C4CCCCC4)C3=O)c3ccccc32)c1. The van der Waals surface area contributed by atoms with Gasteiger partial charge in [0.15, 0.2) is 5.17 Å². The van der Waals surface area contributed by atoms with Crippen molar-refractivity contribution in [2.45, 2.75) is 51.6 Å². The van der Waals surface area contributed by atoms with E-state index in [1.807, 2.05) is 23.1 Å². The molecule has 0 atom stereocenters. The third kappa shape index (κ3) is 4.93. The number of rotatable bonds is 5. The molecule has 0 N–H and O–H groups in total. The highest BCUT2D eigenvalue weighted by Crippen LogP contribution is 2.39. The van der Waals surface area contributed by atoms with E-state index in [2.05, 4.69) is 59.1 Å². The number of fused-ring (bicyclic) bond motifs is 1. The Kier molecular flexibility index (Phi) is 6.90. The molecule has 1 amide bonds. The van der Waals surface area contributed by atoms with E-state index in [0.29, 0.717) is 10.1 Å². The van der Waals surface area contributed by atoms with E-state index in [0.717, 1.165) is 48.7 Å². The maximum absolute atomic E-state index is 14.5. The molecule has 192 valence electrons. The average molecular weight is 524 g/mol. The maximum atomic E-state index is 14.5. The molecule has 2 heterocycles. The number of nitrogens with zero attached hydrogens (tertiary/aromatic N) is 3. The standard InChI is InChI=1S/C32H30FN3OS/c1-22-10-9-11-23(18-22)20-35-21-24(26-14-5-8-17-29(26)35)19-30-31(37)36(25-12-3-2-4-13-25)32(38-30)34-28-16-7-6-15-27(28)33/h5-11,14-19,21,25H,2-4,12-13,20H2,1H3/b30-19-,34-32?.